The number of nitrogens with zero attached hydrogens (tertiary/aromatic N) is 4. The van der Waals surface area contributed by atoms with E-state index in [1.807, 2.05) is 12.1 Å². The van der Waals surface area contributed by atoms with E-state index in [0.717, 1.165) is 21.1 Å². The number of halogens is 4. The van der Waals surface area contributed by atoms with Gasteiger partial charge in [-0.3, -0.25) is 9.78 Å². The normalized spacial score (nSPS) is 11.5. The molecule has 0 saturated heterocycles. The van der Waals surface area contributed by atoms with E-state index in [1.165, 1.54) is 18.2 Å². The zero-order chi connectivity index (χ0) is 29.4. The minimum absolute atomic E-state index is 0.118. The van der Waals surface area contributed by atoms with E-state index < -0.39 is 12.1 Å². The first kappa shape index (κ1) is 30.0. The van der Waals surface area contributed by atoms with E-state index in [9.17, 15) is 28.3 Å². The molecule has 214 valence electrons. The highest BCUT2D eigenvalue weighted by Crippen LogP contribution is 2.29. The van der Waals surface area contributed by atoms with Crippen LogP contribution in [0.25, 0.3) is 21.7 Å². The molecule has 0 spiro atoms. The SMILES string of the molecule is N#Cc1ccc2c(c1)nc(NCCOCCCCN(Cc1cc(Cl)cc(CO)c1)C(=O)C(F)(F)F)c1ccncc12. The number of aromatic nitrogens is 2. The smallest absolute Gasteiger partial charge is 0.392 e. The molecule has 2 N–H and O–H groups in total. The summed E-state index contributed by atoms with van der Waals surface area (Å²) in [4.78, 5) is 21.6. The van der Waals surface area contributed by atoms with Gasteiger partial charge in [-0.2, -0.15) is 18.4 Å². The molecule has 0 aliphatic carbocycles. The minimum Gasteiger partial charge on any atom is -0.392 e. The molecule has 41 heavy (non-hydrogen) atoms. The average molecular weight is 586 g/mol. The summed E-state index contributed by atoms with van der Waals surface area (Å²) in [5.74, 6) is -1.30. The number of pyridine rings is 2. The van der Waals surface area contributed by atoms with Crippen molar-refractivity contribution in [2.75, 3.05) is 31.6 Å². The maximum Gasteiger partial charge on any atom is 0.471 e. The Morgan fingerprint density at radius 2 is 1.88 bits per heavy atom. The fourth-order valence-corrected chi connectivity index (χ4v) is 4.74. The molecule has 0 fully saturated rings. The summed E-state index contributed by atoms with van der Waals surface area (Å²) in [7, 11) is 0. The number of aliphatic hydroxyl groups excluding tert-OH is 1. The summed E-state index contributed by atoms with van der Waals surface area (Å²) in [6, 6.07) is 13.8. The molecule has 8 nitrogen and oxygen atoms in total. The lowest BCUT2D eigenvalue weighted by Gasteiger charge is -2.24. The highest BCUT2D eigenvalue weighted by molar-refractivity contribution is 6.30. The van der Waals surface area contributed by atoms with Gasteiger partial charge < -0.3 is 20.1 Å². The van der Waals surface area contributed by atoms with Gasteiger partial charge in [-0.15, -0.1) is 0 Å². The third-order valence-corrected chi connectivity index (χ3v) is 6.55. The van der Waals surface area contributed by atoms with Crippen molar-refractivity contribution in [3.8, 4) is 6.07 Å². The predicted molar refractivity (Wildman–Crippen MR) is 149 cm³/mol. The number of benzene rings is 2. The molecule has 12 heteroatoms. The summed E-state index contributed by atoms with van der Waals surface area (Å²) in [5.41, 5.74) is 2.01. The van der Waals surface area contributed by atoms with Crippen LogP contribution in [0.15, 0.2) is 54.9 Å². The monoisotopic (exact) mass is 585 g/mol. The Bertz CT molecular complexity index is 1580. The molecule has 0 aliphatic rings. The van der Waals surface area contributed by atoms with Gasteiger partial charge in [0.2, 0.25) is 0 Å². The quantitative estimate of drug-likeness (QED) is 0.164. The number of fused-ring (bicyclic) bond motifs is 3. The molecule has 4 rings (SSSR count). The van der Waals surface area contributed by atoms with Crippen molar-refractivity contribution in [3.63, 3.8) is 0 Å². The van der Waals surface area contributed by atoms with Gasteiger partial charge in [0, 0.05) is 59.8 Å². The molecule has 2 aromatic carbocycles. The van der Waals surface area contributed by atoms with Gasteiger partial charge in [0.05, 0.1) is 30.4 Å². The fraction of sp³-hybridized carbons (Fsp3) is 0.310. The number of hydrogen-bond donors (Lipinski definition) is 2. The Kier molecular flexibility index (Phi) is 9.94. The average Bonchev–Trinajstić information content (AvgIpc) is 2.96. The molecule has 0 bridgehead atoms. The lowest BCUT2D eigenvalue weighted by Crippen LogP contribution is -2.41. The van der Waals surface area contributed by atoms with Crippen molar-refractivity contribution in [2.45, 2.75) is 32.2 Å². The van der Waals surface area contributed by atoms with Crippen LogP contribution in [0.4, 0.5) is 19.0 Å². The molecule has 0 aliphatic heterocycles. The standard InChI is InChI=1S/C29H27ClF3N5O3/c30-22-12-20(11-21(13-22)18-39)17-38(28(40)29(31,32)33)8-1-2-9-41-10-7-36-27-24-5-6-35-16-25(24)23-4-3-19(15-34)14-26(23)37-27/h3-6,11-14,16,39H,1-2,7-10,17-18H2,(H,36,37). The Hall–Kier alpha value is -3.98. The highest BCUT2D eigenvalue weighted by atomic mass is 35.5. The van der Waals surface area contributed by atoms with E-state index in [4.69, 9.17) is 16.3 Å². The van der Waals surface area contributed by atoms with Gasteiger partial charge in [0.1, 0.15) is 5.82 Å². The van der Waals surface area contributed by atoms with Gasteiger partial charge in [-0.25, -0.2) is 4.98 Å². The largest absolute Gasteiger partial charge is 0.471 e. The van der Waals surface area contributed by atoms with Crippen molar-refractivity contribution in [3.05, 3.63) is 76.6 Å². The topological polar surface area (TPSA) is 111 Å². The Balaban J connectivity index is 1.28. The number of nitriles is 1. The summed E-state index contributed by atoms with van der Waals surface area (Å²) in [6.07, 6.45) is -0.843. The molecule has 1 amide bonds. The van der Waals surface area contributed by atoms with Crippen molar-refractivity contribution < 1.29 is 27.8 Å². The molecule has 2 aromatic heterocycles. The number of unbranched alkanes of at least 4 members (excludes halogenated alkanes) is 1. The first-order valence-corrected chi connectivity index (χ1v) is 13.2. The van der Waals surface area contributed by atoms with Gasteiger partial charge in [-0.05, 0) is 54.3 Å². The second-order valence-electron chi connectivity index (χ2n) is 9.32. The van der Waals surface area contributed by atoms with E-state index in [0.29, 0.717) is 60.6 Å². The Labute approximate surface area is 239 Å². The Morgan fingerprint density at radius 1 is 1.07 bits per heavy atom. The van der Waals surface area contributed by atoms with Crippen LogP contribution >= 0.6 is 11.6 Å². The number of carbonyl (C=O) groups excluding carboxylic acids is 1. The van der Waals surface area contributed by atoms with Crippen LogP contribution in [-0.4, -0.2) is 58.4 Å². The number of anilines is 1. The second kappa shape index (κ2) is 13.6. The summed E-state index contributed by atoms with van der Waals surface area (Å²) >= 11 is 6.00. The molecule has 0 saturated carbocycles. The molecule has 0 unspecified atom stereocenters. The number of ether oxygens (including phenoxy) is 1. The van der Waals surface area contributed by atoms with Crippen LogP contribution < -0.4 is 5.32 Å². The van der Waals surface area contributed by atoms with Crippen molar-refractivity contribution >= 4 is 45.0 Å². The van der Waals surface area contributed by atoms with E-state index in [-0.39, 0.29) is 24.7 Å². The third-order valence-electron chi connectivity index (χ3n) is 6.33. The number of amides is 1. The summed E-state index contributed by atoms with van der Waals surface area (Å²) in [5, 5.41) is 24.7. The summed E-state index contributed by atoms with van der Waals surface area (Å²) < 4.78 is 45.2. The Morgan fingerprint density at radius 3 is 2.63 bits per heavy atom. The minimum atomic E-state index is -5.01. The second-order valence-corrected chi connectivity index (χ2v) is 9.76. The predicted octanol–water partition coefficient (Wildman–Crippen LogP) is 5.60. The maximum absolute atomic E-state index is 13.2. The molecule has 2 heterocycles. The van der Waals surface area contributed by atoms with Gasteiger partial charge >= 0.3 is 12.1 Å². The third kappa shape index (κ3) is 7.82. The maximum atomic E-state index is 13.2. The van der Waals surface area contributed by atoms with Crippen LogP contribution in [0.5, 0.6) is 0 Å². The van der Waals surface area contributed by atoms with E-state index >= 15 is 0 Å². The summed E-state index contributed by atoms with van der Waals surface area (Å²) in [6.45, 7) is 0.320. The van der Waals surface area contributed by atoms with Crippen LogP contribution in [0.3, 0.4) is 0 Å². The zero-order valence-corrected chi connectivity index (χ0v) is 22.7. The fourth-order valence-electron chi connectivity index (χ4n) is 4.45. The van der Waals surface area contributed by atoms with Gasteiger partial charge in [0.15, 0.2) is 0 Å². The van der Waals surface area contributed by atoms with Gasteiger partial charge in [-0.1, -0.05) is 23.7 Å². The van der Waals surface area contributed by atoms with Crippen molar-refractivity contribution in [1.29, 1.82) is 5.26 Å². The zero-order valence-electron chi connectivity index (χ0n) is 21.9. The molecular formula is C29H27ClF3N5O3. The van der Waals surface area contributed by atoms with Crippen molar-refractivity contribution in [2.24, 2.45) is 0 Å². The number of hydrogen-bond acceptors (Lipinski definition) is 7. The first-order chi connectivity index (χ1) is 19.7. The van der Waals surface area contributed by atoms with E-state index in [2.05, 4.69) is 21.4 Å². The molecular weight excluding hydrogens is 559 g/mol. The number of rotatable bonds is 12. The van der Waals surface area contributed by atoms with Crippen LogP contribution in [0.2, 0.25) is 5.02 Å². The molecule has 0 radical (unpaired) electrons. The lowest BCUT2D eigenvalue weighted by molar-refractivity contribution is -0.186. The van der Waals surface area contributed by atoms with Crippen LogP contribution in [0.1, 0.15) is 29.5 Å². The first-order valence-electron chi connectivity index (χ1n) is 12.8. The van der Waals surface area contributed by atoms with E-state index in [1.54, 1.807) is 24.5 Å². The number of aliphatic hydroxyl groups is 1. The number of carbonyl (C=O) groups is 1. The molecule has 4 aromatic rings. The molecule has 0 atom stereocenters. The number of nitrogens with one attached hydrogen (secondary N) is 1. The van der Waals surface area contributed by atoms with Crippen molar-refractivity contribution in [1.82, 2.24) is 14.9 Å². The van der Waals surface area contributed by atoms with Crippen LogP contribution in [-0.2, 0) is 22.7 Å². The van der Waals surface area contributed by atoms with Crippen LogP contribution in [0, 0.1) is 11.3 Å². The lowest BCUT2D eigenvalue weighted by atomic mass is 10.1. The highest BCUT2D eigenvalue weighted by Gasteiger charge is 2.42. The number of alkyl halides is 3. The van der Waals surface area contributed by atoms with Gasteiger partial charge in [0.25, 0.3) is 0 Å².